The Morgan fingerprint density at radius 1 is 1.06 bits per heavy atom. The molecule has 1 aromatic heterocycles. The fraction of sp³-hybridized carbons (Fsp3) is 0.217. The summed E-state index contributed by atoms with van der Waals surface area (Å²) in [6.45, 7) is 2.69. The molecule has 1 aliphatic rings. The highest BCUT2D eigenvalue weighted by Gasteiger charge is 2.22. The number of amides is 2. The van der Waals surface area contributed by atoms with Crippen LogP contribution < -0.4 is 21.5 Å². The second kappa shape index (κ2) is 10.4. The number of halogens is 1. The minimum absolute atomic E-state index is 0.0624. The molecule has 0 radical (unpaired) electrons. The first-order valence-electron chi connectivity index (χ1n) is 10.6. The number of aromatic amines is 1. The van der Waals surface area contributed by atoms with Crippen molar-refractivity contribution in [2.75, 3.05) is 47.9 Å². The van der Waals surface area contributed by atoms with Crippen LogP contribution >= 0.6 is 11.8 Å². The number of hydrogen-bond acceptors (Lipinski definition) is 7. The van der Waals surface area contributed by atoms with Crippen LogP contribution in [0.5, 0.6) is 0 Å². The van der Waals surface area contributed by atoms with Gasteiger partial charge in [-0.2, -0.15) is 0 Å². The number of nitrogens with one attached hydrogen (secondary N) is 2. The summed E-state index contributed by atoms with van der Waals surface area (Å²) < 4.78 is 13.0. The van der Waals surface area contributed by atoms with Crippen molar-refractivity contribution in [2.24, 2.45) is 0 Å². The predicted molar refractivity (Wildman–Crippen MR) is 130 cm³/mol. The van der Waals surface area contributed by atoms with Crippen LogP contribution in [-0.2, 0) is 4.79 Å². The highest BCUT2D eigenvalue weighted by Crippen LogP contribution is 2.20. The van der Waals surface area contributed by atoms with Gasteiger partial charge in [0.1, 0.15) is 11.5 Å². The van der Waals surface area contributed by atoms with Gasteiger partial charge in [-0.3, -0.25) is 19.4 Å². The van der Waals surface area contributed by atoms with E-state index in [1.165, 1.54) is 12.1 Å². The molecular formula is C23H23FN6O3S. The van der Waals surface area contributed by atoms with Gasteiger partial charge >= 0.3 is 0 Å². The van der Waals surface area contributed by atoms with E-state index in [4.69, 9.17) is 5.73 Å². The van der Waals surface area contributed by atoms with Crippen molar-refractivity contribution in [1.29, 1.82) is 0 Å². The number of hydrogen-bond donors (Lipinski definition) is 3. The van der Waals surface area contributed by atoms with E-state index in [-0.39, 0.29) is 33.9 Å². The molecule has 1 saturated heterocycles. The fourth-order valence-corrected chi connectivity index (χ4v) is 4.29. The maximum Gasteiger partial charge on any atom is 0.277 e. The number of H-pyrrole nitrogens is 1. The zero-order valence-corrected chi connectivity index (χ0v) is 19.0. The molecule has 176 valence electrons. The van der Waals surface area contributed by atoms with E-state index in [0.29, 0.717) is 13.1 Å². The maximum atomic E-state index is 13.0. The number of aromatic nitrogens is 2. The number of benzene rings is 2. The van der Waals surface area contributed by atoms with Crippen LogP contribution in [0.3, 0.4) is 0 Å². The quantitative estimate of drug-likeness (QED) is 0.363. The second-order valence-corrected chi connectivity index (χ2v) is 8.55. The Bertz CT molecular complexity index is 1230. The largest absolute Gasteiger partial charge is 0.382 e. The molecule has 0 saturated carbocycles. The summed E-state index contributed by atoms with van der Waals surface area (Å²) in [4.78, 5) is 48.0. The molecule has 1 fully saturated rings. The lowest BCUT2D eigenvalue weighted by atomic mass is 10.2. The van der Waals surface area contributed by atoms with E-state index >= 15 is 0 Å². The van der Waals surface area contributed by atoms with E-state index in [1.54, 1.807) is 4.90 Å². The van der Waals surface area contributed by atoms with Gasteiger partial charge in [0.05, 0.1) is 5.75 Å². The summed E-state index contributed by atoms with van der Waals surface area (Å²) in [6, 6.07) is 14.9. The van der Waals surface area contributed by atoms with E-state index in [2.05, 4.69) is 20.2 Å². The number of nitrogens with two attached hydrogens (primary N) is 1. The van der Waals surface area contributed by atoms with Crippen molar-refractivity contribution in [3.63, 3.8) is 0 Å². The Morgan fingerprint density at radius 2 is 1.74 bits per heavy atom. The number of nitrogens with zero attached hydrogens (tertiary/aromatic N) is 3. The molecule has 0 aliphatic carbocycles. The summed E-state index contributed by atoms with van der Waals surface area (Å²) in [6.07, 6.45) is 0. The summed E-state index contributed by atoms with van der Waals surface area (Å²) in [5.74, 6) is -1.25. The van der Waals surface area contributed by atoms with E-state index in [1.807, 2.05) is 30.3 Å². The molecule has 34 heavy (non-hydrogen) atoms. The van der Waals surface area contributed by atoms with Gasteiger partial charge in [-0.1, -0.05) is 30.0 Å². The average molecular weight is 483 g/mol. The summed E-state index contributed by atoms with van der Waals surface area (Å²) in [5, 5.41) is 2.57. The predicted octanol–water partition coefficient (Wildman–Crippen LogP) is 2.18. The molecule has 0 spiro atoms. The van der Waals surface area contributed by atoms with Crippen molar-refractivity contribution in [2.45, 2.75) is 5.16 Å². The molecule has 9 nitrogen and oxygen atoms in total. The third-order valence-corrected chi connectivity index (χ3v) is 6.21. The molecule has 2 heterocycles. The number of carbonyl (C=O) groups excluding carboxylic acids is 2. The Kier molecular flexibility index (Phi) is 7.12. The molecule has 0 atom stereocenters. The number of para-hydroxylation sites is 1. The van der Waals surface area contributed by atoms with E-state index < -0.39 is 17.3 Å². The first-order chi connectivity index (χ1) is 16.4. The molecule has 3 aromatic rings. The number of rotatable bonds is 6. The average Bonchev–Trinajstić information content (AvgIpc) is 2.85. The van der Waals surface area contributed by atoms with Gasteiger partial charge in [-0.05, 0) is 36.4 Å². The Balaban J connectivity index is 1.32. The third-order valence-electron chi connectivity index (χ3n) is 5.36. The molecule has 0 unspecified atom stereocenters. The number of thioether (sulfide) groups is 1. The van der Waals surface area contributed by atoms with Gasteiger partial charge in [-0.15, -0.1) is 0 Å². The lowest BCUT2D eigenvalue weighted by molar-refractivity contribution is -0.128. The minimum atomic E-state index is -0.644. The first kappa shape index (κ1) is 23.3. The molecule has 2 amide bonds. The van der Waals surface area contributed by atoms with Crippen molar-refractivity contribution >= 4 is 40.8 Å². The van der Waals surface area contributed by atoms with Crippen LogP contribution in [0.15, 0.2) is 64.5 Å². The zero-order chi connectivity index (χ0) is 24.1. The van der Waals surface area contributed by atoms with Crippen LogP contribution in [0.25, 0.3) is 0 Å². The first-order valence-corrected chi connectivity index (χ1v) is 11.6. The van der Waals surface area contributed by atoms with E-state index in [0.717, 1.165) is 42.7 Å². The van der Waals surface area contributed by atoms with Crippen LogP contribution in [0.1, 0.15) is 10.4 Å². The highest BCUT2D eigenvalue weighted by atomic mass is 32.2. The number of piperazine rings is 1. The minimum Gasteiger partial charge on any atom is -0.382 e. The van der Waals surface area contributed by atoms with Gasteiger partial charge in [0.15, 0.2) is 11.0 Å². The molecule has 1 aliphatic heterocycles. The summed E-state index contributed by atoms with van der Waals surface area (Å²) in [7, 11) is 0. The molecule has 4 rings (SSSR count). The van der Waals surface area contributed by atoms with Crippen molar-refractivity contribution in [3.05, 3.63) is 76.3 Å². The molecule has 4 N–H and O–H groups in total. The fourth-order valence-electron chi connectivity index (χ4n) is 3.52. The third kappa shape index (κ3) is 5.54. The Labute approximate surface area is 199 Å². The van der Waals surface area contributed by atoms with Crippen molar-refractivity contribution in [1.82, 2.24) is 14.9 Å². The number of anilines is 3. The van der Waals surface area contributed by atoms with Crippen LogP contribution in [0.4, 0.5) is 21.6 Å². The van der Waals surface area contributed by atoms with Crippen LogP contribution in [0.2, 0.25) is 0 Å². The van der Waals surface area contributed by atoms with E-state index in [9.17, 15) is 18.8 Å². The number of nitrogen functional groups attached to an aromatic ring is 1. The maximum absolute atomic E-state index is 13.0. The van der Waals surface area contributed by atoms with Crippen molar-refractivity contribution < 1.29 is 14.0 Å². The smallest absolute Gasteiger partial charge is 0.277 e. The second-order valence-electron chi connectivity index (χ2n) is 7.58. The van der Waals surface area contributed by atoms with Crippen LogP contribution in [0, 0.1) is 5.82 Å². The monoisotopic (exact) mass is 482 g/mol. The molecule has 11 heteroatoms. The van der Waals surface area contributed by atoms with Gasteiger partial charge in [0.25, 0.3) is 11.5 Å². The van der Waals surface area contributed by atoms with Gasteiger partial charge in [-0.25, -0.2) is 9.37 Å². The summed E-state index contributed by atoms with van der Waals surface area (Å²) in [5.41, 5.74) is 6.32. The summed E-state index contributed by atoms with van der Waals surface area (Å²) >= 11 is 1.07. The molecular weight excluding hydrogens is 459 g/mol. The normalized spacial score (nSPS) is 13.6. The zero-order valence-electron chi connectivity index (χ0n) is 18.2. The van der Waals surface area contributed by atoms with Gasteiger partial charge < -0.3 is 20.9 Å². The Morgan fingerprint density at radius 3 is 2.38 bits per heavy atom. The number of carbonyl (C=O) groups is 2. The molecule has 2 aromatic carbocycles. The lowest BCUT2D eigenvalue weighted by Gasteiger charge is -2.36. The van der Waals surface area contributed by atoms with Gasteiger partial charge in [0.2, 0.25) is 5.91 Å². The van der Waals surface area contributed by atoms with Crippen LogP contribution in [-0.4, -0.2) is 58.6 Å². The topological polar surface area (TPSA) is 124 Å². The standard InChI is InChI=1S/C23H23FN6O3S/c24-16-8-6-15(7-9-16)21(32)26-19-20(25)27-23(28-22(19)33)34-14-18(31)30-12-10-29(11-13-30)17-4-2-1-3-5-17/h1-9H,10-14H2,(H,26,32)(H3,25,27,28,33). The van der Waals surface area contributed by atoms with Crippen molar-refractivity contribution in [3.8, 4) is 0 Å². The van der Waals surface area contributed by atoms with Gasteiger partial charge in [0, 0.05) is 37.4 Å². The Hall–Kier alpha value is -3.86. The molecule has 0 bridgehead atoms. The highest BCUT2D eigenvalue weighted by molar-refractivity contribution is 7.99. The SMILES string of the molecule is Nc1nc(SCC(=O)N2CCN(c3ccccc3)CC2)[nH]c(=O)c1NC(=O)c1ccc(F)cc1. The lowest BCUT2D eigenvalue weighted by Crippen LogP contribution is -2.49.